The molecule has 1 amide bonds. The highest BCUT2D eigenvalue weighted by Crippen LogP contribution is 2.38. The number of H-pyrrole nitrogens is 1. The standard InChI is InChI=1S/C25H23F2N5O3/c1-35-22-19(30-17-7-10-29-20(23(28)34)18(17)21(22)33)15-13-14-5-2-3-6-16(14)31-24(15)32-11-4-8-25(26,27)9-12-32/h2-3,5-7,10,13H,4,8-9,11-12H2,1H3,(H2,28,34)(H,30,33). The first-order valence-electron chi connectivity index (χ1n) is 11.2. The molecule has 0 atom stereocenters. The number of para-hydroxylation sites is 1. The van der Waals surface area contributed by atoms with Gasteiger partial charge in [0.25, 0.3) is 5.91 Å². The second-order valence-corrected chi connectivity index (χ2v) is 8.56. The number of nitrogens with zero attached hydrogens (tertiary/aromatic N) is 3. The molecule has 4 heterocycles. The maximum Gasteiger partial charge on any atom is 0.268 e. The van der Waals surface area contributed by atoms with E-state index < -0.39 is 17.3 Å². The van der Waals surface area contributed by atoms with Gasteiger partial charge in [-0.25, -0.2) is 13.8 Å². The van der Waals surface area contributed by atoms with Gasteiger partial charge in [0.05, 0.1) is 29.2 Å². The summed E-state index contributed by atoms with van der Waals surface area (Å²) in [6, 6.07) is 10.9. The van der Waals surface area contributed by atoms with Gasteiger partial charge in [0, 0.05) is 43.1 Å². The fourth-order valence-corrected chi connectivity index (χ4v) is 4.59. The van der Waals surface area contributed by atoms with Crippen LogP contribution in [-0.2, 0) is 0 Å². The Hall–Kier alpha value is -4.08. The summed E-state index contributed by atoms with van der Waals surface area (Å²) in [7, 11) is 1.35. The Balaban J connectivity index is 1.79. The van der Waals surface area contributed by atoms with E-state index in [2.05, 4.69) is 9.97 Å². The predicted molar refractivity (Wildman–Crippen MR) is 129 cm³/mol. The molecule has 1 saturated heterocycles. The van der Waals surface area contributed by atoms with Crippen LogP contribution in [0.15, 0.2) is 47.4 Å². The van der Waals surface area contributed by atoms with Gasteiger partial charge in [-0.3, -0.25) is 14.6 Å². The number of ether oxygens (including phenoxy) is 1. The van der Waals surface area contributed by atoms with E-state index in [-0.39, 0.29) is 36.2 Å². The molecule has 3 N–H and O–H groups in total. The van der Waals surface area contributed by atoms with Gasteiger partial charge in [0.2, 0.25) is 11.4 Å². The van der Waals surface area contributed by atoms with Crippen molar-refractivity contribution in [1.29, 1.82) is 0 Å². The van der Waals surface area contributed by atoms with Gasteiger partial charge in [-0.15, -0.1) is 0 Å². The van der Waals surface area contributed by atoms with Crippen molar-refractivity contribution in [3.05, 3.63) is 58.5 Å². The first-order chi connectivity index (χ1) is 16.8. The summed E-state index contributed by atoms with van der Waals surface area (Å²) in [6.07, 6.45) is 1.20. The highest BCUT2D eigenvalue weighted by molar-refractivity contribution is 6.04. The SMILES string of the molecule is COc1c(-c2cc3ccccc3nc2N2CCCC(F)(F)CC2)[nH]c2ccnc(C(N)=O)c2c1=O. The number of nitrogens with one attached hydrogen (secondary N) is 1. The number of primary amides is 1. The molecule has 4 aromatic rings. The number of alkyl halides is 2. The van der Waals surface area contributed by atoms with Crippen LogP contribution in [0.1, 0.15) is 29.8 Å². The topological polar surface area (TPSA) is 114 Å². The summed E-state index contributed by atoms with van der Waals surface area (Å²) in [4.78, 5) is 39.1. The summed E-state index contributed by atoms with van der Waals surface area (Å²) in [5.74, 6) is -3.15. The summed E-state index contributed by atoms with van der Waals surface area (Å²) >= 11 is 0. The van der Waals surface area contributed by atoms with Crippen LogP contribution in [0.3, 0.4) is 0 Å². The van der Waals surface area contributed by atoms with Gasteiger partial charge < -0.3 is 20.4 Å². The lowest BCUT2D eigenvalue weighted by Gasteiger charge is -2.25. The number of aromatic amines is 1. The van der Waals surface area contributed by atoms with E-state index in [9.17, 15) is 18.4 Å². The molecule has 5 rings (SSSR count). The molecule has 1 fully saturated rings. The van der Waals surface area contributed by atoms with E-state index in [1.54, 1.807) is 6.07 Å². The average Bonchev–Trinajstić information content (AvgIpc) is 3.03. The van der Waals surface area contributed by atoms with Crippen LogP contribution in [0.25, 0.3) is 33.1 Å². The minimum Gasteiger partial charge on any atom is -0.491 e. The van der Waals surface area contributed by atoms with Crippen molar-refractivity contribution in [3.8, 4) is 17.0 Å². The van der Waals surface area contributed by atoms with Gasteiger partial charge in [-0.2, -0.15) is 0 Å². The number of benzene rings is 1. The molecule has 180 valence electrons. The fraction of sp³-hybridized carbons (Fsp3) is 0.280. The number of halogens is 2. The first-order valence-corrected chi connectivity index (χ1v) is 11.2. The molecule has 10 heteroatoms. The largest absolute Gasteiger partial charge is 0.491 e. The number of hydrogen-bond donors (Lipinski definition) is 2. The molecule has 35 heavy (non-hydrogen) atoms. The Bertz CT molecular complexity index is 1520. The van der Waals surface area contributed by atoms with Gasteiger partial charge >= 0.3 is 0 Å². The summed E-state index contributed by atoms with van der Waals surface area (Å²) in [5, 5.41) is 0.826. The Morgan fingerprint density at radius 1 is 1.20 bits per heavy atom. The quantitative estimate of drug-likeness (QED) is 0.459. The van der Waals surface area contributed by atoms with Crippen LogP contribution in [-0.4, -0.2) is 47.0 Å². The second kappa shape index (κ2) is 8.61. The summed E-state index contributed by atoms with van der Waals surface area (Å²) in [6.45, 7) is 0.505. The van der Waals surface area contributed by atoms with Crippen molar-refractivity contribution in [2.24, 2.45) is 5.73 Å². The highest BCUT2D eigenvalue weighted by atomic mass is 19.3. The number of anilines is 1. The average molecular weight is 479 g/mol. The number of methoxy groups -OCH3 is 1. The monoisotopic (exact) mass is 479 g/mol. The van der Waals surface area contributed by atoms with E-state index in [1.165, 1.54) is 13.3 Å². The fourth-order valence-electron chi connectivity index (χ4n) is 4.59. The Morgan fingerprint density at radius 2 is 2.00 bits per heavy atom. The predicted octanol–water partition coefficient (Wildman–Crippen LogP) is 3.87. The van der Waals surface area contributed by atoms with Crippen LogP contribution in [0.5, 0.6) is 5.75 Å². The lowest BCUT2D eigenvalue weighted by atomic mass is 10.0. The molecule has 3 aromatic heterocycles. The van der Waals surface area contributed by atoms with Crippen molar-refractivity contribution < 1.29 is 18.3 Å². The van der Waals surface area contributed by atoms with E-state index in [0.717, 1.165) is 5.39 Å². The third-order valence-electron chi connectivity index (χ3n) is 6.30. The van der Waals surface area contributed by atoms with Crippen molar-refractivity contribution in [2.75, 3.05) is 25.1 Å². The number of fused-ring (bicyclic) bond motifs is 2. The highest BCUT2D eigenvalue weighted by Gasteiger charge is 2.33. The van der Waals surface area contributed by atoms with E-state index >= 15 is 0 Å². The smallest absolute Gasteiger partial charge is 0.268 e. The number of pyridine rings is 3. The minimum atomic E-state index is -2.74. The van der Waals surface area contributed by atoms with Crippen molar-refractivity contribution in [2.45, 2.75) is 25.2 Å². The number of amides is 1. The van der Waals surface area contributed by atoms with Crippen molar-refractivity contribution in [3.63, 3.8) is 0 Å². The third kappa shape index (κ3) is 4.05. The number of nitrogens with two attached hydrogens (primary N) is 1. The Morgan fingerprint density at radius 3 is 2.77 bits per heavy atom. The lowest BCUT2D eigenvalue weighted by Crippen LogP contribution is -2.27. The molecule has 0 saturated carbocycles. The second-order valence-electron chi connectivity index (χ2n) is 8.56. The van der Waals surface area contributed by atoms with Crippen LogP contribution in [0, 0.1) is 0 Å². The van der Waals surface area contributed by atoms with E-state index in [1.807, 2.05) is 35.2 Å². The normalized spacial score (nSPS) is 15.8. The van der Waals surface area contributed by atoms with Crippen LogP contribution in [0.2, 0.25) is 0 Å². The van der Waals surface area contributed by atoms with Crippen molar-refractivity contribution in [1.82, 2.24) is 15.0 Å². The molecule has 0 radical (unpaired) electrons. The van der Waals surface area contributed by atoms with Crippen LogP contribution in [0.4, 0.5) is 14.6 Å². The Labute approximate surface area is 198 Å². The zero-order valence-corrected chi connectivity index (χ0v) is 19.0. The minimum absolute atomic E-state index is 0.0188. The summed E-state index contributed by atoms with van der Waals surface area (Å²) in [5.41, 5.74) is 6.62. The maximum atomic E-state index is 14.1. The third-order valence-corrected chi connectivity index (χ3v) is 6.30. The zero-order chi connectivity index (χ0) is 24.7. The molecule has 1 aromatic carbocycles. The number of carbonyl (C=O) groups excluding carboxylic acids is 1. The number of hydrogen-bond acceptors (Lipinski definition) is 6. The molecular formula is C25H23F2N5O3. The number of rotatable bonds is 4. The molecule has 0 spiro atoms. The van der Waals surface area contributed by atoms with Gasteiger partial charge in [-0.05, 0) is 24.6 Å². The number of aromatic nitrogens is 3. The molecule has 1 aliphatic heterocycles. The van der Waals surface area contributed by atoms with E-state index in [0.29, 0.717) is 41.1 Å². The maximum absolute atomic E-state index is 14.1. The zero-order valence-electron chi connectivity index (χ0n) is 19.0. The summed E-state index contributed by atoms with van der Waals surface area (Å²) < 4.78 is 33.7. The van der Waals surface area contributed by atoms with Gasteiger partial charge in [-0.1, -0.05) is 18.2 Å². The van der Waals surface area contributed by atoms with Gasteiger partial charge in [0.15, 0.2) is 5.75 Å². The molecular weight excluding hydrogens is 456 g/mol. The molecule has 0 aliphatic carbocycles. The van der Waals surface area contributed by atoms with Crippen LogP contribution >= 0.6 is 0 Å². The first kappa shape index (κ1) is 22.7. The van der Waals surface area contributed by atoms with Crippen LogP contribution < -0.4 is 20.8 Å². The Kier molecular flexibility index (Phi) is 5.58. The van der Waals surface area contributed by atoms with Gasteiger partial charge in [0.1, 0.15) is 11.5 Å². The molecule has 0 bridgehead atoms. The van der Waals surface area contributed by atoms with Crippen molar-refractivity contribution >= 4 is 33.5 Å². The molecule has 0 unspecified atom stereocenters. The molecule has 8 nitrogen and oxygen atoms in total. The van der Waals surface area contributed by atoms with E-state index in [4.69, 9.17) is 15.5 Å². The lowest BCUT2D eigenvalue weighted by molar-refractivity contribution is -0.0102. The molecule has 1 aliphatic rings. The number of carbonyl (C=O) groups is 1.